The number of anilines is 2. The number of nitrogens with one attached hydrogen (secondary N) is 2. The molecule has 110 valence electrons. The van der Waals surface area contributed by atoms with E-state index in [2.05, 4.69) is 15.4 Å². The van der Waals surface area contributed by atoms with E-state index >= 15 is 0 Å². The Bertz CT molecular complexity index is 634. The van der Waals surface area contributed by atoms with E-state index < -0.39 is 6.09 Å². The molecule has 0 radical (unpaired) electrons. The molecular formula is C14H15N3O4. The molecule has 0 bridgehead atoms. The van der Waals surface area contributed by atoms with Gasteiger partial charge in [0, 0.05) is 11.4 Å². The zero-order valence-corrected chi connectivity index (χ0v) is 11.4. The molecule has 4 N–H and O–H groups in total. The van der Waals surface area contributed by atoms with E-state index in [4.69, 9.17) is 10.2 Å². The normalized spacial score (nSPS) is 10.0. The highest BCUT2D eigenvalue weighted by molar-refractivity contribution is 6.02. The second kappa shape index (κ2) is 6.58. The fourth-order valence-electron chi connectivity index (χ4n) is 1.61. The molecule has 2 rings (SSSR count). The van der Waals surface area contributed by atoms with Gasteiger partial charge in [0.1, 0.15) is 5.76 Å². The lowest BCUT2D eigenvalue weighted by atomic mass is 10.2. The zero-order valence-electron chi connectivity index (χ0n) is 11.4. The molecule has 2 aromatic rings. The minimum absolute atomic E-state index is 0.187. The van der Waals surface area contributed by atoms with Crippen LogP contribution in [0.15, 0.2) is 40.8 Å². The summed E-state index contributed by atoms with van der Waals surface area (Å²) in [6.07, 6.45) is -0.559. The topological polar surface area (TPSA) is 107 Å². The summed E-state index contributed by atoms with van der Waals surface area (Å²) in [6, 6.07) is 9.79. The van der Waals surface area contributed by atoms with Crippen molar-refractivity contribution in [1.82, 2.24) is 0 Å². The first-order valence-corrected chi connectivity index (χ1v) is 6.17. The molecule has 1 aromatic heterocycles. The maximum Gasteiger partial charge on any atom is 0.411 e. The molecule has 21 heavy (non-hydrogen) atoms. The lowest BCUT2D eigenvalue weighted by molar-refractivity contribution is 0.0995. The maximum atomic E-state index is 11.9. The van der Waals surface area contributed by atoms with Crippen LogP contribution in [-0.2, 0) is 11.3 Å². The van der Waals surface area contributed by atoms with Crippen LogP contribution < -0.4 is 16.4 Å². The van der Waals surface area contributed by atoms with Crippen LogP contribution in [0.1, 0.15) is 16.3 Å². The van der Waals surface area contributed by atoms with Gasteiger partial charge in [0.05, 0.1) is 13.7 Å². The molecule has 0 aliphatic heterocycles. The average molecular weight is 289 g/mol. The van der Waals surface area contributed by atoms with Gasteiger partial charge in [-0.15, -0.1) is 0 Å². The Morgan fingerprint density at radius 2 is 1.71 bits per heavy atom. The summed E-state index contributed by atoms with van der Waals surface area (Å²) in [7, 11) is 1.28. The van der Waals surface area contributed by atoms with Crippen molar-refractivity contribution in [2.24, 2.45) is 5.73 Å². The van der Waals surface area contributed by atoms with E-state index in [1.165, 1.54) is 7.11 Å². The van der Waals surface area contributed by atoms with E-state index in [-0.39, 0.29) is 18.2 Å². The molecule has 1 heterocycles. The van der Waals surface area contributed by atoms with Crippen molar-refractivity contribution < 1.29 is 18.7 Å². The SMILES string of the molecule is COC(=O)Nc1ccc(NC(=O)c2ccc(CN)o2)cc1. The summed E-state index contributed by atoms with van der Waals surface area (Å²) >= 11 is 0. The number of hydrogen-bond donors (Lipinski definition) is 3. The Morgan fingerprint density at radius 1 is 1.10 bits per heavy atom. The Morgan fingerprint density at radius 3 is 2.24 bits per heavy atom. The van der Waals surface area contributed by atoms with Crippen molar-refractivity contribution in [3.8, 4) is 0 Å². The number of ether oxygens (including phenoxy) is 1. The molecule has 2 amide bonds. The lowest BCUT2D eigenvalue weighted by Gasteiger charge is -2.06. The predicted octanol–water partition coefficient (Wildman–Crippen LogP) is 2.17. The molecule has 7 nitrogen and oxygen atoms in total. The molecule has 0 aliphatic rings. The molecular weight excluding hydrogens is 274 g/mol. The quantitative estimate of drug-likeness (QED) is 0.799. The summed E-state index contributed by atoms with van der Waals surface area (Å²) in [5.41, 5.74) is 6.54. The molecule has 1 aromatic carbocycles. The summed E-state index contributed by atoms with van der Waals surface area (Å²) in [5, 5.41) is 5.18. The molecule has 0 saturated heterocycles. The van der Waals surface area contributed by atoms with Crippen LogP contribution in [0.4, 0.5) is 16.2 Å². The maximum absolute atomic E-state index is 11.9. The number of amides is 2. The highest BCUT2D eigenvalue weighted by Gasteiger charge is 2.11. The smallest absolute Gasteiger partial charge is 0.411 e. The van der Waals surface area contributed by atoms with Gasteiger partial charge in [-0.05, 0) is 36.4 Å². The van der Waals surface area contributed by atoms with Crippen LogP contribution in [-0.4, -0.2) is 19.1 Å². The molecule has 0 saturated carbocycles. The highest BCUT2D eigenvalue weighted by atomic mass is 16.5. The first-order chi connectivity index (χ1) is 10.1. The van der Waals surface area contributed by atoms with Crippen LogP contribution >= 0.6 is 0 Å². The molecule has 0 atom stereocenters. The van der Waals surface area contributed by atoms with Crippen LogP contribution in [0.2, 0.25) is 0 Å². The van der Waals surface area contributed by atoms with Gasteiger partial charge in [-0.3, -0.25) is 10.1 Å². The number of benzene rings is 1. The van der Waals surface area contributed by atoms with Crippen LogP contribution in [0.25, 0.3) is 0 Å². The first-order valence-electron chi connectivity index (χ1n) is 6.17. The molecule has 7 heteroatoms. The first kappa shape index (κ1) is 14.6. The summed E-state index contributed by atoms with van der Waals surface area (Å²) < 4.78 is 9.72. The number of methoxy groups -OCH3 is 1. The minimum Gasteiger partial charge on any atom is -0.455 e. The van der Waals surface area contributed by atoms with Gasteiger partial charge in [0.15, 0.2) is 5.76 Å². The summed E-state index contributed by atoms with van der Waals surface area (Å²) in [5.74, 6) is 0.355. The minimum atomic E-state index is -0.559. The van der Waals surface area contributed by atoms with Gasteiger partial charge in [0.2, 0.25) is 0 Å². The van der Waals surface area contributed by atoms with Gasteiger partial charge in [0.25, 0.3) is 5.91 Å². The number of carbonyl (C=O) groups excluding carboxylic acids is 2. The Labute approximate surface area is 121 Å². The van der Waals surface area contributed by atoms with E-state index in [1.807, 2.05) is 0 Å². The summed E-state index contributed by atoms with van der Waals surface area (Å²) in [4.78, 5) is 23.0. The zero-order chi connectivity index (χ0) is 15.2. The number of hydrogen-bond acceptors (Lipinski definition) is 5. The van der Waals surface area contributed by atoms with Crippen molar-refractivity contribution in [3.05, 3.63) is 47.9 Å². The van der Waals surface area contributed by atoms with Crippen molar-refractivity contribution in [2.45, 2.75) is 6.54 Å². The summed E-state index contributed by atoms with van der Waals surface area (Å²) in [6.45, 7) is 0.237. The second-order valence-corrected chi connectivity index (χ2v) is 4.12. The van der Waals surface area contributed by atoms with E-state index in [1.54, 1.807) is 36.4 Å². The fourth-order valence-corrected chi connectivity index (χ4v) is 1.61. The monoisotopic (exact) mass is 289 g/mol. The number of furan rings is 1. The van der Waals surface area contributed by atoms with Crippen LogP contribution in [0.3, 0.4) is 0 Å². The Kier molecular flexibility index (Phi) is 4.57. The molecule has 0 spiro atoms. The third-order valence-electron chi connectivity index (χ3n) is 2.66. The molecule has 0 unspecified atom stereocenters. The van der Waals surface area contributed by atoms with Gasteiger partial charge < -0.3 is 20.2 Å². The Hall–Kier alpha value is -2.80. The van der Waals surface area contributed by atoms with Crippen molar-refractivity contribution in [1.29, 1.82) is 0 Å². The van der Waals surface area contributed by atoms with Crippen LogP contribution in [0, 0.1) is 0 Å². The average Bonchev–Trinajstić information content (AvgIpc) is 2.98. The van der Waals surface area contributed by atoms with Crippen molar-refractivity contribution >= 4 is 23.4 Å². The number of nitrogens with two attached hydrogens (primary N) is 1. The van der Waals surface area contributed by atoms with Crippen molar-refractivity contribution in [3.63, 3.8) is 0 Å². The lowest BCUT2D eigenvalue weighted by Crippen LogP contribution is -2.12. The highest BCUT2D eigenvalue weighted by Crippen LogP contribution is 2.15. The Balaban J connectivity index is 1.99. The van der Waals surface area contributed by atoms with E-state index in [0.29, 0.717) is 17.1 Å². The third-order valence-corrected chi connectivity index (χ3v) is 2.66. The molecule has 0 fully saturated rings. The van der Waals surface area contributed by atoms with Gasteiger partial charge in [-0.25, -0.2) is 4.79 Å². The standard InChI is InChI=1S/C14H15N3O4/c1-20-14(19)17-10-4-2-9(3-5-10)16-13(18)12-7-6-11(8-15)21-12/h2-7H,8,15H2,1H3,(H,16,18)(H,17,19). The van der Waals surface area contributed by atoms with E-state index in [9.17, 15) is 9.59 Å². The second-order valence-electron chi connectivity index (χ2n) is 4.12. The predicted molar refractivity (Wildman–Crippen MR) is 77.0 cm³/mol. The van der Waals surface area contributed by atoms with Gasteiger partial charge in [-0.2, -0.15) is 0 Å². The van der Waals surface area contributed by atoms with Gasteiger partial charge in [-0.1, -0.05) is 0 Å². The largest absolute Gasteiger partial charge is 0.455 e. The third kappa shape index (κ3) is 3.83. The van der Waals surface area contributed by atoms with Crippen molar-refractivity contribution in [2.75, 3.05) is 17.7 Å². The van der Waals surface area contributed by atoms with Gasteiger partial charge >= 0.3 is 6.09 Å². The number of carbonyl (C=O) groups is 2. The van der Waals surface area contributed by atoms with Crippen LogP contribution in [0.5, 0.6) is 0 Å². The number of rotatable bonds is 4. The fraction of sp³-hybridized carbons (Fsp3) is 0.143. The molecule has 0 aliphatic carbocycles. The van der Waals surface area contributed by atoms with E-state index in [0.717, 1.165) is 0 Å².